The molecule has 0 radical (unpaired) electrons. The highest BCUT2D eigenvalue weighted by Crippen LogP contribution is 2.15. The summed E-state index contributed by atoms with van der Waals surface area (Å²) in [5.74, 6) is -0.188. The number of Topliss-reactive ketones (excluding diaryl/α,β-unsaturated/α-hetero) is 1. The fraction of sp³-hybridized carbons (Fsp3) is 0.364. The lowest BCUT2D eigenvalue weighted by molar-refractivity contribution is 0.101. The number of likely N-dealkylation sites (N-methyl/N-ethyl adjacent to an activating group) is 1. The van der Waals surface area contributed by atoms with E-state index in [1.807, 2.05) is 0 Å². The first-order chi connectivity index (χ1) is 7.89. The maximum Gasteiger partial charge on any atom is 0.242 e. The van der Waals surface area contributed by atoms with Gasteiger partial charge in [0.2, 0.25) is 10.0 Å². The van der Waals surface area contributed by atoms with E-state index in [9.17, 15) is 13.2 Å². The van der Waals surface area contributed by atoms with Gasteiger partial charge in [-0.25, -0.2) is 8.42 Å². The fourth-order valence-corrected chi connectivity index (χ4v) is 2.52. The van der Waals surface area contributed by atoms with Gasteiger partial charge < -0.3 is 5.11 Å². The van der Waals surface area contributed by atoms with Gasteiger partial charge >= 0.3 is 0 Å². The lowest BCUT2D eigenvalue weighted by atomic mass is 10.2. The molecular weight excluding hydrogens is 242 g/mol. The van der Waals surface area contributed by atoms with Crippen LogP contribution in [-0.4, -0.2) is 43.8 Å². The lowest BCUT2D eigenvalue weighted by Crippen LogP contribution is -2.29. The molecule has 1 aromatic carbocycles. The highest BCUT2D eigenvalue weighted by molar-refractivity contribution is 7.89. The Labute approximate surface area is 101 Å². The van der Waals surface area contributed by atoms with E-state index in [4.69, 9.17) is 5.11 Å². The van der Waals surface area contributed by atoms with E-state index in [0.717, 1.165) is 4.31 Å². The van der Waals surface area contributed by atoms with Gasteiger partial charge in [0.15, 0.2) is 5.78 Å². The molecule has 0 aliphatic rings. The van der Waals surface area contributed by atoms with Crippen LogP contribution in [0.5, 0.6) is 0 Å². The molecule has 94 valence electrons. The second kappa shape index (κ2) is 5.39. The summed E-state index contributed by atoms with van der Waals surface area (Å²) in [4.78, 5) is 11.2. The summed E-state index contributed by atoms with van der Waals surface area (Å²) in [5.41, 5.74) is 0.350. The molecule has 0 unspecified atom stereocenters. The predicted octanol–water partition coefficient (Wildman–Crippen LogP) is 0.502. The van der Waals surface area contributed by atoms with Gasteiger partial charge in [0, 0.05) is 19.2 Å². The largest absolute Gasteiger partial charge is 0.395 e. The van der Waals surface area contributed by atoms with Crippen molar-refractivity contribution in [1.82, 2.24) is 4.31 Å². The van der Waals surface area contributed by atoms with Crippen LogP contribution in [0.3, 0.4) is 0 Å². The number of carbonyl (C=O) groups is 1. The van der Waals surface area contributed by atoms with E-state index >= 15 is 0 Å². The first-order valence-corrected chi connectivity index (χ1v) is 6.52. The third-order valence-electron chi connectivity index (χ3n) is 2.36. The second-order valence-electron chi connectivity index (χ2n) is 3.63. The Bertz CT molecular complexity index is 510. The normalized spacial score (nSPS) is 11.8. The van der Waals surface area contributed by atoms with Crippen LogP contribution < -0.4 is 0 Å². The molecule has 0 amide bonds. The average Bonchev–Trinajstić information content (AvgIpc) is 2.29. The monoisotopic (exact) mass is 257 g/mol. The Kier molecular flexibility index (Phi) is 4.39. The minimum atomic E-state index is -3.64. The van der Waals surface area contributed by atoms with Crippen molar-refractivity contribution in [3.05, 3.63) is 29.8 Å². The van der Waals surface area contributed by atoms with Gasteiger partial charge in [0.1, 0.15) is 0 Å². The number of nitrogens with zero attached hydrogens (tertiary/aromatic N) is 1. The maximum atomic E-state index is 12.0. The van der Waals surface area contributed by atoms with Crippen LogP contribution >= 0.6 is 0 Å². The van der Waals surface area contributed by atoms with E-state index < -0.39 is 10.0 Å². The van der Waals surface area contributed by atoms with Gasteiger partial charge in [0.05, 0.1) is 11.5 Å². The first-order valence-electron chi connectivity index (χ1n) is 5.08. The molecule has 0 atom stereocenters. The third-order valence-corrected chi connectivity index (χ3v) is 4.22. The van der Waals surface area contributed by atoms with Crippen LogP contribution in [0.25, 0.3) is 0 Å². The Balaban J connectivity index is 3.15. The van der Waals surface area contributed by atoms with Crippen LogP contribution in [0.4, 0.5) is 0 Å². The van der Waals surface area contributed by atoms with Crippen molar-refractivity contribution in [2.24, 2.45) is 0 Å². The van der Waals surface area contributed by atoms with E-state index in [0.29, 0.717) is 5.56 Å². The van der Waals surface area contributed by atoms with Crippen molar-refractivity contribution in [3.8, 4) is 0 Å². The first kappa shape index (κ1) is 13.8. The van der Waals surface area contributed by atoms with Crippen LogP contribution in [0.15, 0.2) is 29.2 Å². The Morgan fingerprint density at radius 2 is 2.06 bits per heavy atom. The van der Waals surface area contributed by atoms with E-state index in [2.05, 4.69) is 0 Å². The van der Waals surface area contributed by atoms with Crippen LogP contribution in [0.1, 0.15) is 17.3 Å². The summed E-state index contributed by atoms with van der Waals surface area (Å²) in [7, 11) is -2.26. The van der Waals surface area contributed by atoms with Crippen molar-refractivity contribution in [3.63, 3.8) is 0 Å². The molecule has 0 saturated carbocycles. The van der Waals surface area contributed by atoms with Crippen molar-refractivity contribution in [2.45, 2.75) is 11.8 Å². The van der Waals surface area contributed by atoms with Gasteiger partial charge in [-0.15, -0.1) is 0 Å². The highest BCUT2D eigenvalue weighted by atomic mass is 32.2. The lowest BCUT2D eigenvalue weighted by Gasteiger charge is -2.16. The minimum absolute atomic E-state index is 0.0205. The molecule has 1 rings (SSSR count). The molecule has 0 aliphatic heterocycles. The zero-order valence-corrected chi connectivity index (χ0v) is 10.6. The minimum Gasteiger partial charge on any atom is -0.395 e. The average molecular weight is 257 g/mol. The van der Waals surface area contributed by atoms with Crippen LogP contribution in [0.2, 0.25) is 0 Å². The van der Waals surface area contributed by atoms with Gasteiger partial charge in [-0.2, -0.15) is 4.31 Å². The summed E-state index contributed by atoms with van der Waals surface area (Å²) in [6.45, 7) is 1.15. The summed E-state index contributed by atoms with van der Waals surface area (Å²) in [5, 5.41) is 8.73. The Morgan fingerprint density at radius 3 is 2.59 bits per heavy atom. The summed E-state index contributed by atoms with van der Waals surface area (Å²) < 4.78 is 25.0. The maximum absolute atomic E-state index is 12.0. The molecule has 0 saturated heterocycles. The Hall–Kier alpha value is -1.24. The van der Waals surface area contributed by atoms with Gasteiger partial charge in [-0.1, -0.05) is 12.1 Å². The van der Waals surface area contributed by atoms with Crippen molar-refractivity contribution in [1.29, 1.82) is 0 Å². The molecule has 0 aliphatic carbocycles. The number of benzene rings is 1. The number of aliphatic hydroxyl groups excluding tert-OH is 1. The standard InChI is InChI=1S/C11H15NO4S/c1-9(14)10-4-3-5-11(8-10)17(15,16)12(2)6-7-13/h3-5,8,13H,6-7H2,1-2H3. The molecule has 5 nitrogen and oxygen atoms in total. The molecule has 0 spiro atoms. The summed E-state index contributed by atoms with van der Waals surface area (Å²) in [6, 6.07) is 5.85. The number of rotatable bonds is 5. The third kappa shape index (κ3) is 3.12. The molecule has 17 heavy (non-hydrogen) atoms. The van der Waals surface area contributed by atoms with Crippen molar-refractivity contribution >= 4 is 15.8 Å². The topological polar surface area (TPSA) is 74.7 Å². The Morgan fingerprint density at radius 1 is 1.41 bits per heavy atom. The molecule has 0 fully saturated rings. The fourth-order valence-electron chi connectivity index (χ4n) is 1.32. The van der Waals surface area contributed by atoms with E-state index in [-0.39, 0.29) is 23.8 Å². The van der Waals surface area contributed by atoms with Crippen LogP contribution in [0, 0.1) is 0 Å². The highest BCUT2D eigenvalue weighted by Gasteiger charge is 2.20. The van der Waals surface area contributed by atoms with Crippen molar-refractivity contribution in [2.75, 3.05) is 20.2 Å². The number of aliphatic hydroxyl groups is 1. The molecule has 0 aromatic heterocycles. The summed E-state index contributed by atoms with van der Waals surface area (Å²) >= 11 is 0. The second-order valence-corrected chi connectivity index (χ2v) is 5.68. The zero-order chi connectivity index (χ0) is 13.1. The number of hydrogen-bond donors (Lipinski definition) is 1. The zero-order valence-electron chi connectivity index (χ0n) is 9.75. The van der Waals surface area contributed by atoms with E-state index in [1.54, 1.807) is 6.07 Å². The van der Waals surface area contributed by atoms with E-state index in [1.165, 1.54) is 32.2 Å². The number of hydrogen-bond acceptors (Lipinski definition) is 4. The number of ketones is 1. The number of sulfonamides is 1. The molecule has 1 aromatic rings. The van der Waals surface area contributed by atoms with Gasteiger partial charge in [-0.3, -0.25) is 4.79 Å². The quantitative estimate of drug-likeness (QED) is 0.780. The SMILES string of the molecule is CC(=O)c1cccc(S(=O)(=O)N(C)CCO)c1. The molecule has 1 N–H and O–H groups in total. The van der Waals surface area contributed by atoms with Gasteiger partial charge in [-0.05, 0) is 19.1 Å². The van der Waals surface area contributed by atoms with Crippen molar-refractivity contribution < 1.29 is 18.3 Å². The predicted molar refractivity (Wildman–Crippen MR) is 63.3 cm³/mol. The molecular formula is C11H15NO4S. The smallest absolute Gasteiger partial charge is 0.242 e. The van der Waals surface area contributed by atoms with Gasteiger partial charge in [0.25, 0.3) is 0 Å². The molecule has 0 bridgehead atoms. The number of carbonyl (C=O) groups excluding carboxylic acids is 1. The molecule has 0 heterocycles. The van der Waals surface area contributed by atoms with Crippen LogP contribution in [-0.2, 0) is 10.0 Å². The summed E-state index contributed by atoms with van der Waals surface area (Å²) in [6.07, 6.45) is 0. The molecule has 6 heteroatoms.